The van der Waals surface area contributed by atoms with E-state index in [9.17, 15) is 10.1 Å². The Bertz CT molecular complexity index is 3140. The van der Waals surface area contributed by atoms with Gasteiger partial charge in [-0.1, -0.05) is 109 Å². The third kappa shape index (κ3) is 14.7. The molecular formula is C51H51Cl2N13O2S2. The molecule has 1 amide bonds. The number of nitrogens with one attached hydrogen (secondary N) is 4. The van der Waals surface area contributed by atoms with Gasteiger partial charge in [0.1, 0.15) is 28.1 Å². The SMILES string of the molecule is CC(C)(C)OC(=O)NCc1ccc(-c2nc3ccnc(C#N)c3cc2-c2ccccc2)cc1.Cl.Cl.N=C(N)SC(=N)c1nccc2nc(-c3ccc(CN)cc3)c(-c3ccccc3)cc12.NNC(N)=S. The Morgan fingerprint density at radius 1 is 0.729 bits per heavy atom. The van der Waals surface area contributed by atoms with Gasteiger partial charge in [-0.15, -0.1) is 24.8 Å². The molecular weight excluding hydrogens is 962 g/mol. The summed E-state index contributed by atoms with van der Waals surface area (Å²) in [6.45, 7) is 6.35. The highest BCUT2D eigenvalue weighted by Gasteiger charge is 2.19. The molecule has 0 spiro atoms. The number of hydrogen-bond acceptors (Lipinski definition) is 13. The van der Waals surface area contributed by atoms with Crippen LogP contribution in [-0.4, -0.2) is 47.0 Å². The van der Waals surface area contributed by atoms with E-state index < -0.39 is 11.7 Å². The lowest BCUT2D eigenvalue weighted by Gasteiger charge is -2.19. The molecule has 4 aromatic heterocycles. The van der Waals surface area contributed by atoms with Crippen molar-refractivity contribution >= 4 is 92.0 Å². The molecule has 0 aliphatic carbocycles. The molecule has 19 heteroatoms. The van der Waals surface area contributed by atoms with Crippen molar-refractivity contribution in [3.63, 3.8) is 0 Å². The van der Waals surface area contributed by atoms with Gasteiger partial charge in [-0.05, 0) is 91.3 Å². The summed E-state index contributed by atoms with van der Waals surface area (Å²) < 4.78 is 5.29. The Labute approximate surface area is 427 Å². The van der Waals surface area contributed by atoms with Crippen LogP contribution in [-0.2, 0) is 17.8 Å². The number of halogens is 2. The summed E-state index contributed by atoms with van der Waals surface area (Å²) in [6, 6.07) is 45.7. The zero-order chi connectivity index (χ0) is 48.8. The van der Waals surface area contributed by atoms with E-state index in [0.29, 0.717) is 30.0 Å². The van der Waals surface area contributed by atoms with Crippen LogP contribution in [0.5, 0.6) is 0 Å². The van der Waals surface area contributed by atoms with Gasteiger partial charge in [-0.25, -0.2) is 25.6 Å². The van der Waals surface area contributed by atoms with E-state index in [4.69, 9.17) is 42.7 Å². The van der Waals surface area contributed by atoms with Crippen LogP contribution in [0.4, 0.5) is 4.79 Å². The molecule has 0 unspecified atom stereocenters. The van der Waals surface area contributed by atoms with E-state index >= 15 is 0 Å². The number of carbonyl (C=O) groups is 1. The second-order valence-electron chi connectivity index (χ2n) is 15.8. The summed E-state index contributed by atoms with van der Waals surface area (Å²) in [5.41, 5.74) is 29.2. The van der Waals surface area contributed by atoms with E-state index in [0.717, 1.165) is 83.9 Å². The van der Waals surface area contributed by atoms with E-state index in [-0.39, 0.29) is 40.1 Å². The number of benzene rings is 4. The summed E-state index contributed by atoms with van der Waals surface area (Å²) in [5, 5.41) is 29.6. The van der Waals surface area contributed by atoms with Gasteiger partial charge in [0.25, 0.3) is 0 Å². The minimum Gasteiger partial charge on any atom is -0.444 e. The van der Waals surface area contributed by atoms with Crippen molar-refractivity contribution in [1.82, 2.24) is 30.7 Å². The van der Waals surface area contributed by atoms with Gasteiger partial charge in [-0.2, -0.15) is 5.26 Å². The molecule has 0 aliphatic rings. The Morgan fingerprint density at radius 3 is 1.66 bits per heavy atom. The summed E-state index contributed by atoms with van der Waals surface area (Å²) >= 11 is 5.11. The predicted octanol–water partition coefficient (Wildman–Crippen LogP) is 9.77. The lowest BCUT2D eigenvalue weighted by Crippen LogP contribution is -2.34. The lowest BCUT2D eigenvalue weighted by molar-refractivity contribution is 0.0523. The molecule has 4 aromatic carbocycles. The van der Waals surface area contributed by atoms with Crippen molar-refractivity contribution in [2.45, 2.75) is 39.5 Å². The number of carbonyl (C=O) groups excluding carboxylic acids is 1. The summed E-state index contributed by atoms with van der Waals surface area (Å²) in [4.78, 5) is 30.3. The van der Waals surface area contributed by atoms with Gasteiger partial charge in [0.2, 0.25) is 0 Å². The van der Waals surface area contributed by atoms with Gasteiger partial charge in [0, 0.05) is 58.5 Å². The number of thiocarbonyl (C=S) groups is 1. The Hall–Kier alpha value is -7.56. The first-order valence-corrected chi connectivity index (χ1v) is 22.2. The molecule has 0 saturated carbocycles. The monoisotopic (exact) mass is 1010 g/mol. The molecule has 15 nitrogen and oxygen atoms in total. The zero-order valence-electron chi connectivity index (χ0n) is 38.3. The number of aromatic nitrogens is 4. The van der Waals surface area contributed by atoms with Crippen molar-refractivity contribution in [3.8, 4) is 50.8 Å². The van der Waals surface area contributed by atoms with Crippen LogP contribution in [0, 0.1) is 22.1 Å². The Balaban J connectivity index is 0.000000271. The van der Waals surface area contributed by atoms with Crippen LogP contribution in [0.1, 0.15) is 43.3 Å². The average Bonchev–Trinajstić information content (AvgIpc) is 3.35. The van der Waals surface area contributed by atoms with Gasteiger partial charge in [0.05, 0.1) is 22.4 Å². The topological polar surface area (TPSA) is 277 Å². The average molecular weight is 1010 g/mol. The number of hydrazine groups is 1. The van der Waals surface area contributed by atoms with Gasteiger partial charge in [-0.3, -0.25) is 15.8 Å². The molecule has 4 heterocycles. The third-order valence-electron chi connectivity index (χ3n) is 9.86. The first-order valence-electron chi connectivity index (χ1n) is 21.0. The summed E-state index contributed by atoms with van der Waals surface area (Å²) in [7, 11) is 0. The van der Waals surface area contributed by atoms with Crippen LogP contribution >= 0.6 is 48.8 Å². The number of thioether (sulfide) groups is 1. The van der Waals surface area contributed by atoms with E-state index in [1.165, 1.54) is 0 Å². The highest BCUT2D eigenvalue weighted by molar-refractivity contribution is 8.26. The number of ether oxygens (including phenoxy) is 1. The molecule has 0 saturated heterocycles. The minimum absolute atomic E-state index is 0. The second kappa shape index (κ2) is 25.7. The first kappa shape index (κ1) is 55.0. The van der Waals surface area contributed by atoms with Crippen LogP contribution in [0.3, 0.4) is 0 Å². The third-order valence-corrected chi connectivity index (χ3v) is 10.6. The maximum Gasteiger partial charge on any atom is 0.407 e. The maximum absolute atomic E-state index is 11.9. The number of hydrogen-bond donors (Lipinski definition) is 8. The smallest absolute Gasteiger partial charge is 0.407 e. The van der Waals surface area contributed by atoms with Gasteiger partial charge < -0.3 is 32.7 Å². The number of rotatable bonds is 8. The van der Waals surface area contributed by atoms with Crippen LogP contribution in [0.25, 0.3) is 66.6 Å². The molecule has 12 N–H and O–H groups in total. The number of nitrogens with zero attached hydrogens (tertiary/aromatic N) is 5. The standard InChI is InChI=1S/C27H24N4O2.C23H20N6S.CH5N3S.2ClH/c1-27(2,3)33-26(32)30-17-18-9-11-20(12-10-18)25-21(19-7-5-4-6-8-19)15-22-23(31-25)13-14-29-24(22)16-28;24-13-14-6-8-16(9-7-14)20-17(15-4-2-1-3-5-15)12-18-19(29-20)10-11-28-21(18)22(25)30-23(26)27;2-1(5)4-3;;/h4-15H,17H2,1-3H3,(H,30,32);1-12,25H,13,24H2,(H3,26,27);3H2,(H3,2,4,5);2*1H. The molecule has 0 aliphatic heterocycles. The van der Waals surface area contributed by atoms with Crippen molar-refractivity contribution in [3.05, 3.63) is 168 Å². The summed E-state index contributed by atoms with van der Waals surface area (Å²) in [5.74, 6) is 4.66. The predicted molar refractivity (Wildman–Crippen MR) is 291 cm³/mol. The molecule has 8 rings (SSSR count). The molecule has 0 atom stereocenters. The summed E-state index contributed by atoms with van der Waals surface area (Å²) in [6.07, 6.45) is 2.78. The van der Waals surface area contributed by atoms with Gasteiger partial charge in [0.15, 0.2) is 10.3 Å². The minimum atomic E-state index is -0.537. The van der Waals surface area contributed by atoms with E-state index in [1.807, 2.05) is 160 Å². The van der Waals surface area contributed by atoms with Crippen LogP contribution < -0.4 is 33.8 Å². The fourth-order valence-electron chi connectivity index (χ4n) is 6.80. The first-order chi connectivity index (χ1) is 32.7. The van der Waals surface area contributed by atoms with Crippen molar-refractivity contribution in [2.24, 2.45) is 23.0 Å². The Morgan fingerprint density at radius 2 is 1.20 bits per heavy atom. The number of amides is 1. The number of nitrogens with two attached hydrogens (primary N) is 4. The lowest BCUT2D eigenvalue weighted by atomic mass is 9.96. The second-order valence-corrected chi connectivity index (χ2v) is 17.3. The highest BCUT2D eigenvalue weighted by atomic mass is 35.5. The molecule has 8 aromatic rings. The fourth-order valence-corrected chi connectivity index (χ4v) is 7.28. The molecule has 0 bridgehead atoms. The van der Waals surface area contributed by atoms with Crippen molar-refractivity contribution in [2.75, 3.05) is 0 Å². The number of fused-ring (bicyclic) bond motifs is 2. The number of amidine groups is 1. The molecule has 0 fully saturated rings. The normalized spacial score (nSPS) is 10.3. The van der Waals surface area contributed by atoms with E-state index in [2.05, 4.69) is 39.4 Å². The largest absolute Gasteiger partial charge is 0.444 e. The van der Waals surface area contributed by atoms with Crippen LogP contribution in [0.2, 0.25) is 0 Å². The zero-order valence-corrected chi connectivity index (χ0v) is 41.5. The maximum atomic E-state index is 11.9. The highest BCUT2D eigenvalue weighted by Crippen LogP contribution is 2.36. The van der Waals surface area contributed by atoms with Crippen molar-refractivity contribution in [1.29, 1.82) is 16.1 Å². The molecule has 70 heavy (non-hydrogen) atoms. The fraction of sp³-hybridized carbons (Fsp3) is 0.118. The number of alkyl carbamates (subject to hydrolysis) is 1. The van der Waals surface area contributed by atoms with Gasteiger partial charge >= 0.3 is 6.09 Å². The number of nitriles is 1. The van der Waals surface area contributed by atoms with Crippen LogP contribution in [0.15, 0.2) is 146 Å². The Kier molecular flexibility index (Phi) is 20.2. The van der Waals surface area contributed by atoms with Crippen molar-refractivity contribution < 1.29 is 9.53 Å². The molecule has 0 radical (unpaired) electrons. The molecule has 358 valence electrons. The quantitative estimate of drug-likeness (QED) is 0.0231. The van der Waals surface area contributed by atoms with E-state index in [1.54, 1.807) is 12.4 Å². The number of pyridine rings is 4.